The van der Waals surface area contributed by atoms with Crippen molar-refractivity contribution in [3.05, 3.63) is 0 Å². The summed E-state index contributed by atoms with van der Waals surface area (Å²) in [6.45, 7) is 33.6. The summed E-state index contributed by atoms with van der Waals surface area (Å²) in [6.07, 6.45) is -1.54. The van der Waals surface area contributed by atoms with Crippen LogP contribution in [0.25, 0.3) is 0 Å². The maximum Gasteiger partial charge on any atom is 0.187 e. The van der Waals surface area contributed by atoms with Gasteiger partial charge < -0.3 is 26.9 Å². The molecule has 0 bridgehead atoms. The first-order valence-corrected chi connectivity index (χ1v) is 29.0. The topological polar surface area (TPSA) is 55.4 Å². The Morgan fingerprint density at radius 2 is 0.844 bits per heavy atom. The van der Waals surface area contributed by atoms with E-state index in [0.29, 0.717) is 6.61 Å². The van der Waals surface area contributed by atoms with Gasteiger partial charge in [0, 0.05) is 0 Å². The molecule has 11 heteroatoms. The maximum absolute atomic E-state index is 6.85. The molecule has 1 fully saturated rings. The van der Waals surface area contributed by atoms with E-state index in [-0.39, 0.29) is 24.4 Å². The number of ether oxygens (including phenoxy) is 1. The van der Waals surface area contributed by atoms with E-state index in [0.717, 1.165) is 0 Å². The van der Waals surface area contributed by atoms with Crippen LogP contribution in [0.4, 0.5) is 0 Å². The molecular weight excluding hydrogens is 489 g/mol. The van der Waals surface area contributed by atoms with Crippen LogP contribution in [0, 0.1) is 0 Å². The number of rotatable bonds is 11. The van der Waals surface area contributed by atoms with Crippen molar-refractivity contribution in [3.63, 3.8) is 0 Å². The van der Waals surface area contributed by atoms with Gasteiger partial charge in [0.15, 0.2) is 47.9 Å². The molecule has 0 aromatic rings. The molecule has 5 atom stereocenters. The minimum Gasteiger partial charge on any atom is -0.415 e. The van der Waals surface area contributed by atoms with Crippen LogP contribution in [0.3, 0.4) is 0 Å². The van der Waals surface area contributed by atoms with Crippen molar-refractivity contribution in [2.24, 2.45) is 0 Å². The van der Waals surface area contributed by atoms with Gasteiger partial charge in [-0.25, -0.2) is 0 Å². The van der Waals surface area contributed by atoms with Crippen molar-refractivity contribution in [1.82, 2.24) is 0 Å². The maximum atomic E-state index is 6.85. The fourth-order valence-electron chi connectivity index (χ4n) is 3.41. The van der Waals surface area contributed by atoms with E-state index in [9.17, 15) is 0 Å². The quantitative estimate of drug-likeness (QED) is 0.296. The zero-order valence-corrected chi connectivity index (χ0v) is 28.5. The van der Waals surface area contributed by atoms with Crippen LogP contribution < -0.4 is 0 Å². The van der Waals surface area contributed by atoms with Gasteiger partial charge in [-0.1, -0.05) is 0 Å². The molecule has 0 spiro atoms. The lowest BCUT2D eigenvalue weighted by atomic mass is 9.99. The fourth-order valence-corrected chi connectivity index (χ4v) is 8.21. The molecule has 0 saturated carbocycles. The van der Waals surface area contributed by atoms with Gasteiger partial charge in [0.25, 0.3) is 0 Å². The van der Waals surface area contributed by atoms with Crippen molar-refractivity contribution in [2.75, 3.05) is 6.61 Å². The summed E-state index contributed by atoms with van der Waals surface area (Å²) in [5.41, 5.74) is 0. The summed E-state index contributed by atoms with van der Waals surface area (Å²) in [7, 11) is -9.37. The van der Waals surface area contributed by atoms with Crippen LogP contribution in [0.5, 0.6) is 0 Å². The average molecular weight is 541 g/mol. The van der Waals surface area contributed by atoms with Gasteiger partial charge in [-0.3, -0.25) is 0 Å². The Kier molecular flexibility index (Phi) is 10.5. The molecule has 1 aliphatic heterocycles. The largest absolute Gasteiger partial charge is 0.415 e. The Morgan fingerprint density at radius 3 is 1.22 bits per heavy atom. The lowest BCUT2D eigenvalue weighted by Gasteiger charge is -2.51. The van der Waals surface area contributed by atoms with Gasteiger partial charge in [-0.15, -0.1) is 0 Å². The van der Waals surface area contributed by atoms with Gasteiger partial charge in [-0.2, -0.15) is 0 Å². The molecule has 0 aliphatic carbocycles. The highest BCUT2D eigenvalue weighted by atomic mass is 28.4. The number of hydrogen-bond acceptors (Lipinski definition) is 6. The van der Waals surface area contributed by atoms with Gasteiger partial charge >= 0.3 is 0 Å². The Balaban J connectivity index is 3.50. The molecule has 0 unspecified atom stereocenters. The fraction of sp³-hybridized carbons (Fsp3) is 1.00. The van der Waals surface area contributed by atoms with Gasteiger partial charge in [0.05, 0.1) is 6.61 Å². The van der Waals surface area contributed by atoms with E-state index < -0.39 is 47.9 Å². The summed E-state index contributed by atoms with van der Waals surface area (Å²) in [4.78, 5) is 0. The van der Waals surface area contributed by atoms with Crippen LogP contribution in [0.15, 0.2) is 0 Å². The first kappa shape index (κ1) is 30.9. The van der Waals surface area contributed by atoms with Crippen LogP contribution in [0.2, 0.25) is 98.2 Å². The Morgan fingerprint density at radius 1 is 0.469 bits per heavy atom. The number of hydrogen-bond donors (Lipinski definition) is 0. The van der Waals surface area contributed by atoms with Crippen molar-refractivity contribution < 1.29 is 26.9 Å². The third kappa shape index (κ3) is 12.5. The molecule has 1 rings (SSSR count). The highest BCUT2D eigenvalue weighted by molar-refractivity contribution is 6.71. The molecule has 0 aromatic carbocycles. The molecule has 0 radical (unpaired) electrons. The molecule has 1 saturated heterocycles. The zero-order valence-electron chi connectivity index (χ0n) is 23.5. The van der Waals surface area contributed by atoms with Gasteiger partial charge in [0.1, 0.15) is 24.4 Å². The normalized spacial score (nSPS) is 28.8. The predicted octanol–water partition coefficient (Wildman–Crippen LogP) is 6.07. The summed E-state index contributed by atoms with van der Waals surface area (Å²) in [5, 5.41) is 0. The van der Waals surface area contributed by atoms with Crippen molar-refractivity contribution in [1.29, 1.82) is 0 Å². The third-order valence-corrected chi connectivity index (χ3v) is 9.12. The van der Waals surface area contributed by atoms with Crippen molar-refractivity contribution >= 4 is 41.6 Å². The highest BCUT2D eigenvalue weighted by Gasteiger charge is 2.52. The highest BCUT2D eigenvalue weighted by Crippen LogP contribution is 2.35. The summed E-state index contributed by atoms with van der Waals surface area (Å²) in [5.74, 6) is 0. The molecule has 0 aromatic heterocycles. The zero-order chi connectivity index (χ0) is 25.3. The Bertz CT molecular complexity index is 586. The van der Waals surface area contributed by atoms with E-state index >= 15 is 0 Å². The molecular formula is C21H52O6Si5. The molecule has 1 aliphatic rings. The molecule has 32 heavy (non-hydrogen) atoms. The molecule has 6 nitrogen and oxygen atoms in total. The van der Waals surface area contributed by atoms with Gasteiger partial charge in [0.2, 0.25) is 0 Å². The SMILES string of the molecule is C[Si](C)(C)OC[C@@H]1O[C@@H](O[Si](C)(C)C)[C@@H](O[Si](C)(C)C)[C@@H](O[Si](C)(C)C)[C@@H]1O[Si](C)(C)C. The first-order chi connectivity index (χ1) is 14.0. The van der Waals surface area contributed by atoms with Gasteiger partial charge in [-0.05, 0) is 98.2 Å². The van der Waals surface area contributed by atoms with E-state index in [4.69, 9.17) is 26.9 Å². The lowest BCUT2D eigenvalue weighted by Crippen LogP contribution is -2.67. The Hall–Kier alpha value is 0.844. The minimum absolute atomic E-state index is 0.243. The summed E-state index contributed by atoms with van der Waals surface area (Å²) < 4.78 is 39.9. The molecule has 192 valence electrons. The van der Waals surface area contributed by atoms with Crippen LogP contribution >= 0.6 is 0 Å². The monoisotopic (exact) mass is 540 g/mol. The third-order valence-electron chi connectivity index (χ3n) is 4.21. The lowest BCUT2D eigenvalue weighted by molar-refractivity contribution is -0.268. The standard InChI is InChI=1S/C21H52O6Si5/c1-28(2,3)22-16-17-18(24-29(4,5)6)19(25-30(7,8)9)20(26-31(10,11)12)21(23-17)27-32(13,14)15/h17-21H,16H2,1-15H3/t17-,18+,19-,20-,21-/m0/s1. The van der Waals surface area contributed by atoms with Crippen LogP contribution in [-0.2, 0) is 26.9 Å². The average Bonchev–Trinajstić information content (AvgIpc) is 2.45. The van der Waals surface area contributed by atoms with E-state index in [1.165, 1.54) is 0 Å². The van der Waals surface area contributed by atoms with E-state index in [1.807, 2.05) is 0 Å². The molecule has 0 N–H and O–H groups in total. The van der Waals surface area contributed by atoms with E-state index in [1.54, 1.807) is 0 Å². The van der Waals surface area contributed by atoms with Crippen LogP contribution in [-0.4, -0.2) is 78.9 Å². The second-order valence-corrected chi connectivity index (χ2v) is 36.1. The molecule has 0 amide bonds. The first-order valence-electron chi connectivity index (χ1n) is 12.0. The summed E-state index contributed by atoms with van der Waals surface area (Å²) in [6, 6.07) is 0. The van der Waals surface area contributed by atoms with Crippen molar-refractivity contribution in [2.45, 2.75) is 129 Å². The minimum atomic E-state index is -1.92. The summed E-state index contributed by atoms with van der Waals surface area (Å²) >= 11 is 0. The predicted molar refractivity (Wildman–Crippen MR) is 147 cm³/mol. The van der Waals surface area contributed by atoms with Crippen molar-refractivity contribution in [3.8, 4) is 0 Å². The molecule has 1 heterocycles. The van der Waals surface area contributed by atoms with Crippen LogP contribution in [0.1, 0.15) is 0 Å². The van der Waals surface area contributed by atoms with E-state index in [2.05, 4.69) is 98.2 Å². The Labute approximate surface area is 203 Å². The second-order valence-electron chi connectivity index (χ2n) is 13.8. The smallest absolute Gasteiger partial charge is 0.187 e. The second kappa shape index (κ2) is 10.8.